The molecule has 0 unspecified atom stereocenters. The molecule has 0 radical (unpaired) electrons. The molecule has 2 aliphatic rings. The molecular formula is C29H31BrN6O4. The van der Waals surface area contributed by atoms with Crippen LogP contribution in [-0.2, 0) is 6.54 Å². The maximum absolute atomic E-state index is 13.3. The summed E-state index contributed by atoms with van der Waals surface area (Å²) >= 11 is 3.43. The molecule has 2 aromatic carbocycles. The first kappa shape index (κ1) is 26.5. The van der Waals surface area contributed by atoms with Gasteiger partial charge in [-0.3, -0.25) is 9.59 Å². The van der Waals surface area contributed by atoms with Crippen molar-refractivity contribution in [3.8, 4) is 17.1 Å². The number of aliphatic hydroxyl groups excluding tert-OH is 1. The number of likely N-dealkylation sites (tertiary alicyclic amines) is 1. The topological polar surface area (TPSA) is 127 Å². The van der Waals surface area contributed by atoms with Gasteiger partial charge in [0.15, 0.2) is 0 Å². The molecule has 1 saturated heterocycles. The molecule has 1 amide bonds. The third-order valence-electron chi connectivity index (χ3n) is 7.66. The molecule has 6 rings (SSSR count). The zero-order valence-electron chi connectivity index (χ0n) is 22.1. The second-order valence-corrected chi connectivity index (χ2v) is 11.3. The number of fused-ring (bicyclic) bond motifs is 2. The number of hydrogen-bond donors (Lipinski definition) is 4. The molecule has 0 aliphatic carbocycles. The molecule has 4 heterocycles. The van der Waals surface area contributed by atoms with Gasteiger partial charge >= 0.3 is 0 Å². The molecule has 208 valence electrons. The number of carbonyl (C=O) groups excluding carboxylic acids is 1. The number of H-pyrrole nitrogens is 2. The number of aromatic nitrogens is 3. The molecule has 11 heteroatoms. The minimum atomic E-state index is -0.823. The van der Waals surface area contributed by atoms with Crippen molar-refractivity contribution in [1.82, 2.24) is 24.8 Å². The third kappa shape index (κ3) is 5.24. The van der Waals surface area contributed by atoms with Crippen LogP contribution in [0.3, 0.4) is 0 Å². The van der Waals surface area contributed by atoms with Crippen molar-refractivity contribution in [1.29, 1.82) is 0 Å². The molecular weight excluding hydrogens is 576 g/mol. The van der Waals surface area contributed by atoms with E-state index in [1.807, 2.05) is 41.3 Å². The van der Waals surface area contributed by atoms with Crippen LogP contribution < -0.4 is 15.6 Å². The largest absolute Gasteiger partial charge is 0.490 e. The number of para-hydroxylation sites is 1. The number of halogens is 1. The SMILES string of the molecule is CN1CCC(N2Cc3cc4[nH]c(-c5c(NC[C@@H](O)COc6ccccc6Br)cc[nH]c5=O)nc4cc3C2=O)CC1. The van der Waals surface area contributed by atoms with Gasteiger partial charge < -0.3 is 34.9 Å². The average Bonchev–Trinajstić information content (AvgIpc) is 3.50. The molecule has 0 spiro atoms. The van der Waals surface area contributed by atoms with Crippen molar-refractivity contribution in [3.63, 3.8) is 0 Å². The number of hydrogen-bond acceptors (Lipinski definition) is 7. The van der Waals surface area contributed by atoms with Crippen molar-refractivity contribution >= 4 is 38.6 Å². The van der Waals surface area contributed by atoms with E-state index in [-0.39, 0.29) is 30.7 Å². The zero-order chi connectivity index (χ0) is 27.8. The molecule has 1 atom stereocenters. The zero-order valence-corrected chi connectivity index (χ0v) is 23.7. The molecule has 0 bridgehead atoms. The van der Waals surface area contributed by atoms with Crippen LogP contribution in [0.2, 0.25) is 0 Å². The summed E-state index contributed by atoms with van der Waals surface area (Å²) in [6, 6.07) is 13.2. The number of pyridine rings is 1. The lowest BCUT2D eigenvalue weighted by atomic mass is 10.0. The van der Waals surface area contributed by atoms with E-state index in [0.29, 0.717) is 40.4 Å². The van der Waals surface area contributed by atoms with Crippen LogP contribution in [0.5, 0.6) is 5.75 Å². The van der Waals surface area contributed by atoms with Crippen LogP contribution in [-0.4, -0.2) is 81.2 Å². The summed E-state index contributed by atoms with van der Waals surface area (Å²) in [5.41, 5.74) is 3.58. The Morgan fingerprint density at radius 3 is 2.80 bits per heavy atom. The highest BCUT2D eigenvalue weighted by atomic mass is 79.9. The fourth-order valence-electron chi connectivity index (χ4n) is 5.46. The summed E-state index contributed by atoms with van der Waals surface area (Å²) in [4.78, 5) is 41.2. The molecule has 1 fully saturated rings. The highest BCUT2D eigenvalue weighted by molar-refractivity contribution is 9.10. The van der Waals surface area contributed by atoms with Gasteiger partial charge in [0.1, 0.15) is 29.8 Å². The van der Waals surface area contributed by atoms with E-state index in [2.05, 4.69) is 43.2 Å². The van der Waals surface area contributed by atoms with E-state index in [4.69, 9.17) is 9.72 Å². The van der Waals surface area contributed by atoms with Crippen LogP contribution in [0, 0.1) is 0 Å². The van der Waals surface area contributed by atoms with Gasteiger partial charge in [-0.25, -0.2) is 4.98 Å². The Morgan fingerprint density at radius 2 is 2.00 bits per heavy atom. The summed E-state index contributed by atoms with van der Waals surface area (Å²) in [5.74, 6) is 1.08. The van der Waals surface area contributed by atoms with Crippen molar-refractivity contribution in [2.75, 3.05) is 38.6 Å². The molecule has 4 N–H and O–H groups in total. The number of rotatable bonds is 8. The number of imidazole rings is 1. The number of piperidine rings is 1. The summed E-state index contributed by atoms with van der Waals surface area (Å²) in [6.07, 6.45) is 2.68. The summed E-state index contributed by atoms with van der Waals surface area (Å²) in [5, 5.41) is 13.7. The maximum Gasteiger partial charge on any atom is 0.261 e. The first-order valence-corrected chi connectivity index (χ1v) is 14.2. The minimum absolute atomic E-state index is 0.0506. The number of benzene rings is 2. The summed E-state index contributed by atoms with van der Waals surface area (Å²) in [7, 11) is 2.11. The number of nitrogens with zero attached hydrogens (tertiary/aromatic N) is 3. The standard InChI is InChI=1S/C29H31BrN6O4/c1-35-10-7-18(8-11-35)36-15-17-12-23-24(13-20(17)29(36)39)34-27(33-23)26-22(6-9-31-28(26)38)32-14-19(37)16-40-25-5-3-2-4-21(25)30/h2-6,9,12-13,18-19,37H,7-8,10-11,14-16H2,1H3,(H,33,34)(H2,31,32,38)/t19-/m1/s1. The highest BCUT2D eigenvalue weighted by Gasteiger charge is 2.34. The molecule has 0 saturated carbocycles. The lowest BCUT2D eigenvalue weighted by molar-refractivity contribution is 0.0617. The fraction of sp³-hybridized carbons (Fsp3) is 0.345. The van der Waals surface area contributed by atoms with Crippen molar-refractivity contribution in [3.05, 3.63) is 74.6 Å². The van der Waals surface area contributed by atoms with Crippen LogP contribution >= 0.6 is 15.9 Å². The minimum Gasteiger partial charge on any atom is -0.490 e. The number of amides is 1. The van der Waals surface area contributed by atoms with Crippen LogP contribution in [0.1, 0.15) is 28.8 Å². The number of nitrogens with one attached hydrogen (secondary N) is 3. The lowest BCUT2D eigenvalue weighted by Gasteiger charge is -2.34. The molecule has 40 heavy (non-hydrogen) atoms. The Bertz CT molecular complexity index is 1610. The van der Waals surface area contributed by atoms with Gasteiger partial charge in [-0.05, 0) is 84.8 Å². The van der Waals surface area contributed by atoms with E-state index >= 15 is 0 Å². The van der Waals surface area contributed by atoms with Crippen LogP contribution in [0.15, 0.2) is 57.9 Å². The number of carbonyl (C=O) groups is 1. The second-order valence-electron chi connectivity index (χ2n) is 10.5. The van der Waals surface area contributed by atoms with Gasteiger partial charge in [-0.2, -0.15) is 0 Å². The van der Waals surface area contributed by atoms with Gasteiger partial charge in [-0.15, -0.1) is 0 Å². The number of anilines is 1. The number of aliphatic hydroxyl groups is 1. The van der Waals surface area contributed by atoms with Crippen LogP contribution in [0.25, 0.3) is 22.4 Å². The van der Waals surface area contributed by atoms with E-state index in [9.17, 15) is 14.7 Å². The predicted octanol–water partition coefficient (Wildman–Crippen LogP) is 3.58. The van der Waals surface area contributed by atoms with Crippen molar-refractivity contribution < 1.29 is 14.6 Å². The van der Waals surface area contributed by atoms with E-state index < -0.39 is 6.10 Å². The maximum atomic E-state index is 13.3. The third-order valence-corrected chi connectivity index (χ3v) is 8.32. The molecule has 2 aromatic heterocycles. The Balaban J connectivity index is 1.19. The van der Waals surface area contributed by atoms with E-state index in [1.54, 1.807) is 12.3 Å². The first-order chi connectivity index (χ1) is 19.4. The summed E-state index contributed by atoms with van der Waals surface area (Å²) in [6.45, 7) is 2.81. The van der Waals surface area contributed by atoms with Gasteiger partial charge in [0.05, 0.1) is 21.2 Å². The van der Waals surface area contributed by atoms with Gasteiger partial charge in [-0.1, -0.05) is 12.1 Å². The van der Waals surface area contributed by atoms with Gasteiger partial charge in [0.25, 0.3) is 11.5 Å². The fourth-order valence-corrected chi connectivity index (χ4v) is 5.86. The van der Waals surface area contributed by atoms with E-state index in [1.165, 1.54) is 0 Å². The number of ether oxygens (including phenoxy) is 1. The predicted molar refractivity (Wildman–Crippen MR) is 157 cm³/mol. The van der Waals surface area contributed by atoms with E-state index in [0.717, 1.165) is 41.5 Å². The Hall–Kier alpha value is -3.67. The Labute approximate surface area is 239 Å². The van der Waals surface area contributed by atoms with Gasteiger partial charge in [0, 0.05) is 30.9 Å². The quantitative estimate of drug-likeness (QED) is 0.241. The Kier molecular flexibility index (Phi) is 7.35. The second kappa shape index (κ2) is 11.1. The van der Waals surface area contributed by atoms with Gasteiger partial charge in [0.2, 0.25) is 0 Å². The van der Waals surface area contributed by atoms with Crippen LogP contribution in [0.4, 0.5) is 5.69 Å². The average molecular weight is 608 g/mol. The Morgan fingerprint density at radius 1 is 1.20 bits per heavy atom. The number of aromatic amines is 2. The smallest absolute Gasteiger partial charge is 0.261 e. The normalized spacial score (nSPS) is 16.9. The summed E-state index contributed by atoms with van der Waals surface area (Å²) < 4.78 is 6.51. The van der Waals surface area contributed by atoms with Crippen molar-refractivity contribution in [2.45, 2.75) is 31.5 Å². The monoisotopic (exact) mass is 606 g/mol. The lowest BCUT2D eigenvalue weighted by Crippen LogP contribution is -2.43. The first-order valence-electron chi connectivity index (χ1n) is 13.4. The highest BCUT2D eigenvalue weighted by Crippen LogP contribution is 2.32. The molecule has 4 aromatic rings. The van der Waals surface area contributed by atoms with Crippen molar-refractivity contribution in [2.24, 2.45) is 0 Å². The molecule has 10 nitrogen and oxygen atoms in total. The molecule has 2 aliphatic heterocycles.